The minimum Gasteiger partial charge on any atom is -0.316 e. The van der Waals surface area contributed by atoms with E-state index in [0.717, 1.165) is 12.8 Å². The van der Waals surface area contributed by atoms with Crippen LogP contribution in [0.1, 0.15) is 65.2 Å². The molecule has 0 fully saturated rings. The van der Waals surface area contributed by atoms with Gasteiger partial charge in [-0.25, -0.2) is 0 Å². The molecule has 0 spiro atoms. The topological polar surface area (TPSA) is 104 Å². The summed E-state index contributed by atoms with van der Waals surface area (Å²) in [5, 5.41) is 0. The molecular formula is C12H32N4. The lowest BCUT2D eigenvalue weighted by atomic mass is 10.2. The van der Waals surface area contributed by atoms with Crippen LogP contribution in [-0.2, 0) is 0 Å². The molecule has 0 aromatic carbocycles. The molecule has 0 amide bonds. The standard InChI is InChI=1S/2C6H16N2/c2*1-2-3-4-5-6(7)8/h2*6H,2-5,7-8H2,1H3. The van der Waals surface area contributed by atoms with Gasteiger partial charge in [0.2, 0.25) is 0 Å². The summed E-state index contributed by atoms with van der Waals surface area (Å²) in [5.74, 6) is 0. The zero-order valence-corrected chi connectivity index (χ0v) is 11.1. The molecule has 0 saturated heterocycles. The monoisotopic (exact) mass is 232 g/mol. The summed E-state index contributed by atoms with van der Waals surface area (Å²) in [7, 11) is 0. The Labute approximate surface area is 101 Å². The van der Waals surface area contributed by atoms with Gasteiger partial charge in [0.05, 0.1) is 12.3 Å². The second-order valence-corrected chi connectivity index (χ2v) is 4.32. The minimum absolute atomic E-state index is 0.0958. The lowest BCUT2D eigenvalue weighted by Gasteiger charge is -2.01. The molecule has 0 aliphatic heterocycles. The highest BCUT2D eigenvalue weighted by Gasteiger charge is 1.91. The lowest BCUT2D eigenvalue weighted by Crippen LogP contribution is -2.29. The predicted octanol–water partition coefficient (Wildman–Crippen LogP) is 1.62. The summed E-state index contributed by atoms with van der Waals surface area (Å²) in [4.78, 5) is 0. The van der Waals surface area contributed by atoms with Gasteiger partial charge in [0.15, 0.2) is 0 Å². The van der Waals surface area contributed by atoms with E-state index in [9.17, 15) is 0 Å². The minimum atomic E-state index is -0.0958. The fraction of sp³-hybridized carbons (Fsp3) is 1.00. The normalized spacial score (nSPS) is 10.5. The molecule has 100 valence electrons. The third-order valence-electron chi connectivity index (χ3n) is 2.28. The smallest absolute Gasteiger partial charge is 0.0520 e. The van der Waals surface area contributed by atoms with E-state index < -0.39 is 0 Å². The van der Waals surface area contributed by atoms with Gasteiger partial charge < -0.3 is 22.9 Å². The average Bonchev–Trinajstić information content (AvgIpc) is 2.18. The number of rotatable bonds is 8. The van der Waals surface area contributed by atoms with Gasteiger partial charge in [-0.2, -0.15) is 0 Å². The zero-order chi connectivity index (χ0) is 12.8. The molecule has 0 aliphatic rings. The van der Waals surface area contributed by atoms with Crippen molar-refractivity contribution < 1.29 is 0 Å². The van der Waals surface area contributed by atoms with Crippen LogP contribution in [0.2, 0.25) is 0 Å². The van der Waals surface area contributed by atoms with Gasteiger partial charge >= 0.3 is 0 Å². The van der Waals surface area contributed by atoms with Gasteiger partial charge in [0.25, 0.3) is 0 Å². The maximum atomic E-state index is 5.31. The third kappa shape index (κ3) is 23.6. The highest BCUT2D eigenvalue weighted by molar-refractivity contribution is 4.50. The molecule has 0 atom stereocenters. The van der Waals surface area contributed by atoms with Crippen LogP contribution in [0.5, 0.6) is 0 Å². The van der Waals surface area contributed by atoms with Crippen LogP contribution in [0, 0.1) is 0 Å². The second-order valence-electron chi connectivity index (χ2n) is 4.32. The summed E-state index contributed by atoms with van der Waals surface area (Å²) in [6.07, 6.45) is 9.09. The van der Waals surface area contributed by atoms with Crippen LogP contribution in [0.25, 0.3) is 0 Å². The largest absolute Gasteiger partial charge is 0.316 e. The van der Waals surface area contributed by atoms with Gasteiger partial charge in [-0.15, -0.1) is 0 Å². The lowest BCUT2D eigenvalue weighted by molar-refractivity contribution is 0.575. The fourth-order valence-electron chi connectivity index (χ4n) is 1.26. The van der Waals surface area contributed by atoms with Crippen molar-refractivity contribution in [3.63, 3.8) is 0 Å². The van der Waals surface area contributed by atoms with Crippen LogP contribution in [0.3, 0.4) is 0 Å². The van der Waals surface area contributed by atoms with E-state index in [-0.39, 0.29) is 12.3 Å². The van der Waals surface area contributed by atoms with E-state index in [2.05, 4.69) is 13.8 Å². The van der Waals surface area contributed by atoms with Crippen molar-refractivity contribution in [1.82, 2.24) is 0 Å². The third-order valence-corrected chi connectivity index (χ3v) is 2.28. The molecular weight excluding hydrogens is 200 g/mol. The van der Waals surface area contributed by atoms with E-state index >= 15 is 0 Å². The van der Waals surface area contributed by atoms with Crippen molar-refractivity contribution >= 4 is 0 Å². The van der Waals surface area contributed by atoms with Gasteiger partial charge in [0.1, 0.15) is 0 Å². The van der Waals surface area contributed by atoms with Gasteiger partial charge in [-0.3, -0.25) is 0 Å². The van der Waals surface area contributed by atoms with Crippen LogP contribution in [0.15, 0.2) is 0 Å². The number of nitrogens with two attached hydrogens (primary N) is 4. The second kappa shape index (κ2) is 14.8. The van der Waals surface area contributed by atoms with E-state index in [1.165, 1.54) is 38.5 Å². The van der Waals surface area contributed by atoms with Crippen LogP contribution >= 0.6 is 0 Å². The van der Waals surface area contributed by atoms with E-state index in [4.69, 9.17) is 22.9 Å². The molecule has 0 radical (unpaired) electrons. The molecule has 0 aromatic heterocycles. The SMILES string of the molecule is CCCCCC(N)N.CCCCCC(N)N. The van der Waals surface area contributed by atoms with E-state index in [1.807, 2.05) is 0 Å². The van der Waals surface area contributed by atoms with Crippen molar-refractivity contribution in [2.45, 2.75) is 77.5 Å². The zero-order valence-electron chi connectivity index (χ0n) is 11.1. The Morgan fingerprint density at radius 3 is 1.12 bits per heavy atom. The molecule has 0 bridgehead atoms. The highest BCUT2D eigenvalue weighted by atomic mass is 14.8. The molecule has 0 aromatic rings. The Morgan fingerprint density at radius 2 is 0.938 bits per heavy atom. The Balaban J connectivity index is 0. The average molecular weight is 232 g/mol. The Hall–Kier alpha value is -0.160. The number of hydrogen-bond donors (Lipinski definition) is 4. The first-order chi connectivity index (χ1) is 7.54. The molecule has 4 nitrogen and oxygen atoms in total. The molecule has 0 unspecified atom stereocenters. The van der Waals surface area contributed by atoms with Gasteiger partial charge in [0, 0.05) is 0 Å². The van der Waals surface area contributed by atoms with Gasteiger partial charge in [-0.05, 0) is 12.8 Å². The molecule has 0 rings (SSSR count). The van der Waals surface area contributed by atoms with Crippen molar-refractivity contribution in [2.24, 2.45) is 22.9 Å². The van der Waals surface area contributed by atoms with E-state index in [0.29, 0.717) is 0 Å². The molecule has 16 heavy (non-hydrogen) atoms. The Kier molecular flexibility index (Phi) is 16.9. The molecule has 0 heterocycles. The highest BCUT2D eigenvalue weighted by Crippen LogP contribution is 1.98. The molecule has 0 saturated carbocycles. The van der Waals surface area contributed by atoms with Gasteiger partial charge in [-0.1, -0.05) is 52.4 Å². The number of hydrogen-bond acceptors (Lipinski definition) is 4. The van der Waals surface area contributed by atoms with Crippen molar-refractivity contribution in [2.75, 3.05) is 0 Å². The quantitative estimate of drug-likeness (QED) is 0.377. The van der Waals surface area contributed by atoms with Crippen LogP contribution < -0.4 is 22.9 Å². The first-order valence-corrected chi connectivity index (χ1v) is 6.56. The molecule has 0 aliphatic carbocycles. The van der Waals surface area contributed by atoms with Crippen LogP contribution in [-0.4, -0.2) is 12.3 Å². The summed E-state index contributed by atoms with van der Waals surface area (Å²) >= 11 is 0. The van der Waals surface area contributed by atoms with E-state index in [1.54, 1.807) is 0 Å². The first-order valence-electron chi connectivity index (χ1n) is 6.56. The summed E-state index contributed by atoms with van der Waals surface area (Å²) in [6, 6.07) is 0. The summed E-state index contributed by atoms with van der Waals surface area (Å²) in [5.41, 5.74) is 21.2. The predicted molar refractivity (Wildman–Crippen MR) is 72.6 cm³/mol. The summed E-state index contributed by atoms with van der Waals surface area (Å²) < 4.78 is 0. The molecule has 8 N–H and O–H groups in total. The Morgan fingerprint density at radius 1 is 0.625 bits per heavy atom. The maximum absolute atomic E-state index is 5.31. The van der Waals surface area contributed by atoms with Crippen molar-refractivity contribution in [1.29, 1.82) is 0 Å². The fourth-order valence-corrected chi connectivity index (χ4v) is 1.26. The maximum Gasteiger partial charge on any atom is 0.0520 e. The van der Waals surface area contributed by atoms with Crippen molar-refractivity contribution in [3.05, 3.63) is 0 Å². The summed E-state index contributed by atoms with van der Waals surface area (Å²) in [6.45, 7) is 4.34. The molecule has 4 heteroatoms. The first kappa shape index (κ1) is 18.2. The van der Waals surface area contributed by atoms with Crippen LogP contribution in [0.4, 0.5) is 0 Å². The Bertz CT molecular complexity index is 102. The number of unbranched alkanes of at least 4 members (excludes halogenated alkanes) is 4. The van der Waals surface area contributed by atoms with Crippen molar-refractivity contribution in [3.8, 4) is 0 Å².